The van der Waals surface area contributed by atoms with Gasteiger partial charge in [-0.2, -0.15) is 5.10 Å². The normalized spacial score (nSPS) is 15.1. The van der Waals surface area contributed by atoms with Crippen LogP contribution in [0.5, 0.6) is 5.75 Å². The van der Waals surface area contributed by atoms with Crippen LogP contribution in [-0.2, 0) is 13.2 Å². The molecule has 1 aliphatic rings. The average molecular weight is 396 g/mol. The third-order valence-electron chi connectivity index (χ3n) is 5.19. The third kappa shape index (κ3) is 3.81. The van der Waals surface area contributed by atoms with Gasteiger partial charge in [-0.1, -0.05) is 18.2 Å². The summed E-state index contributed by atoms with van der Waals surface area (Å²) in [5, 5.41) is 14.3. The molecule has 0 saturated carbocycles. The summed E-state index contributed by atoms with van der Waals surface area (Å²) >= 11 is 5.68. The van der Waals surface area contributed by atoms with Gasteiger partial charge in [-0.15, -0.1) is 0 Å². The Bertz CT molecular complexity index is 972. The van der Waals surface area contributed by atoms with Gasteiger partial charge in [-0.25, -0.2) is 4.68 Å². The van der Waals surface area contributed by atoms with Gasteiger partial charge < -0.3 is 14.6 Å². The highest BCUT2D eigenvalue weighted by Crippen LogP contribution is 2.22. The average Bonchev–Trinajstić information content (AvgIpc) is 3.05. The van der Waals surface area contributed by atoms with Crippen LogP contribution < -0.4 is 4.90 Å². The molecule has 0 radical (unpaired) electrons. The Balaban J connectivity index is 1.48. The molecule has 7 heteroatoms. The Morgan fingerprint density at radius 1 is 0.964 bits per heavy atom. The van der Waals surface area contributed by atoms with E-state index in [-0.39, 0.29) is 5.75 Å². The van der Waals surface area contributed by atoms with Crippen LogP contribution in [0.4, 0.5) is 5.69 Å². The minimum absolute atomic E-state index is 0.251. The summed E-state index contributed by atoms with van der Waals surface area (Å²) in [6, 6.07) is 17.7. The van der Waals surface area contributed by atoms with E-state index >= 15 is 0 Å². The van der Waals surface area contributed by atoms with E-state index in [4.69, 9.17) is 17.3 Å². The van der Waals surface area contributed by atoms with Crippen molar-refractivity contribution in [2.75, 3.05) is 31.1 Å². The molecule has 28 heavy (non-hydrogen) atoms. The van der Waals surface area contributed by atoms with Crippen LogP contribution in [-0.4, -0.2) is 50.5 Å². The topological polar surface area (TPSA) is 49.5 Å². The van der Waals surface area contributed by atoms with Crippen molar-refractivity contribution >= 4 is 17.9 Å². The van der Waals surface area contributed by atoms with Crippen molar-refractivity contribution in [3.63, 3.8) is 0 Å². The standard InChI is InChI=1S/C21H25N5OS/c1-2-25-20(17-8-10-19(27)11-9-17)22-26(21(25)28)16-23-12-14-24(15-13-23)18-6-4-3-5-7-18/h3-11,27H,2,12-16H2,1H3. The lowest BCUT2D eigenvalue weighted by Crippen LogP contribution is -2.47. The molecule has 0 spiro atoms. The first-order valence-corrected chi connectivity index (χ1v) is 10.1. The fraction of sp³-hybridized carbons (Fsp3) is 0.333. The molecule has 4 rings (SSSR count). The second kappa shape index (κ2) is 8.16. The summed E-state index contributed by atoms with van der Waals surface area (Å²) in [6.07, 6.45) is 0. The van der Waals surface area contributed by atoms with Gasteiger partial charge in [0, 0.05) is 44.0 Å². The van der Waals surface area contributed by atoms with Crippen LogP contribution >= 0.6 is 12.2 Å². The molecule has 0 atom stereocenters. The summed E-state index contributed by atoms with van der Waals surface area (Å²) in [7, 11) is 0. The number of anilines is 1. The third-order valence-corrected chi connectivity index (χ3v) is 5.62. The second-order valence-electron chi connectivity index (χ2n) is 6.98. The highest BCUT2D eigenvalue weighted by molar-refractivity contribution is 7.71. The van der Waals surface area contributed by atoms with E-state index in [1.807, 2.05) is 21.4 Å². The number of aromatic nitrogens is 3. The van der Waals surface area contributed by atoms with Crippen molar-refractivity contribution in [3.05, 3.63) is 59.4 Å². The summed E-state index contributed by atoms with van der Waals surface area (Å²) in [5.74, 6) is 1.09. The molecule has 2 aromatic carbocycles. The summed E-state index contributed by atoms with van der Waals surface area (Å²) in [5.41, 5.74) is 2.24. The van der Waals surface area contributed by atoms with Gasteiger partial charge in [0.25, 0.3) is 0 Å². The Labute approximate surface area is 170 Å². The maximum Gasteiger partial charge on any atom is 0.199 e. The second-order valence-corrected chi connectivity index (χ2v) is 7.34. The van der Waals surface area contributed by atoms with Crippen LogP contribution in [0.25, 0.3) is 11.4 Å². The number of para-hydroxylation sites is 1. The Kier molecular flexibility index (Phi) is 5.45. The first-order valence-electron chi connectivity index (χ1n) is 9.65. The molecular weight excluding hydrogens is 370 g/mol. The minimum Gasteiger partial charge on any atom is -0.508 e. The molecule has 0 unspecified atom stereocenters. The van der Waals surface area contributed by atoms with E-state index in [1.54, 1.807) is 12.1 Å². The Morgan fingerprint density at radius 2 is 1.64 bits per heavy atom. The van der Waals surface area contributed by atoms with Crippen molar-refractivity contribution in [2.45, 2.75) is 20.1 Å². The predicted molar refractivity (Wildman–Crippen MR) is 114 cm³/mol. The van der Waals surface area contributed by atoms with E-state index < -0.39 is 0 Å². The van der Waals surface area contributed by atoms with Crippen LogP contribution in [0.2, 0.25) is 0 Å². The lowest BCUT2D eigenvalue weighted by Gasteiger charge is -2.35. The number of benzene rings is 2. The molecule has 1 aromatic heterocycles. The molecule has 6 nitrogen and oxygen atoms in total. The number of aromatic hydroxyl groups is 1. The van der Waals surface area contributed by atoms with Crippen LogP contribution in [0.3, 0.4) is 0 Å². The van der Waals surface area contributed by atoms with Gasteiger partial charge in [0.05, 0.1) is 6.67 Å². The maximum atomic E-state index is 9.55. The number of rotatable bonds is 5. The summed E-state index contributed by atoms with van der Waals surface area (Å²) in [6.45, 7) is 7.47. The predicted octanol–water partition coefficient (Wildman–Crippen LogP) is 3.59. The van der Waals surface area contributed by atoms with E-state index in [1.165, 1.54) is 5.69 Å². The van der Waals surface area contributed by atoms with E-state index in [2.05, 4.69) is 47.1 Å². The van der Waals surface area contributed by atoms with Gasteiger partial charge in [-0.3, -0.25) is 4.90 Å². The van der Waals surface area contributed by atoms with Gasteiger partial charge in [0.1, 0.15) is 5.75 Å². The van der Waals surface area contributed by atoms with Crippen molar-refractivity contribution < 1.29 is 5.11 Å². The zero-order valence-corrected chi connectivity index (χ0v) is 16.8. The monoisotopic (exact) mass is 395 g/mol. The number of hydrogen-bond acceptors (Lipinski definition) is 5. The fourth-order valence-electron chi connectivity index (χ4n) is 3.62. The van der Waals surface area contributed by atoms with Gasteiger partial charge in [0.15, 0.2) is 10.6 Å². The first-order chi connectivity index (χ1) is 13.7. The lowest BCUT2D eigenvalue weighted by molar-refractivity contribution is 0.194. The molecule has 3 aromatic rings. The Morgan fingerprint density at radius 3 is 2.29 bits per heavy atom. The minimum atomic E-state index is 0.251. The van der Waals surface area contributed by atoms with Gasteiger partial charge >= 0.3 is 0 Å². The van der Waals surface area contributed by atoms with E-state index in [0.29, 0.717) is 6.67 Å². The van der Waals surface area contributed by atoms with Crippen molar-refractivity contribution in [3.8, 4) is 17.1 Å². The van der Waals surface area contributed by atoms with E-state index in [0.717, 1.165) is 48.9 Å². The van der Waals surface area contributed by atoms with Crippen LogP contribution in [0, 0.1) is 4.77 Å². The highest BCUT2D eigenvalue weighted by Gasteiger charge is 2.19. The number of phenols is 1. The zero-order valence-electron chi connectivity index (χ0n) is 16.0. The summed E-state index contributed by atoms with van der Waals surface area (Å²) in [4.78, 5) is 4.81. The molecule has 1 fully saturated rings. The van der Waals surface area contributed by atoms with Crippen molar-refractivity contribution in [1.82, 2.24) is 19.2 Å². The van der Waals surface area contributed by atoms with Gasteiger partial charge in [-0.05, 0) is 55.5 Å². The molecular formula is C21H25N5OS. The van der Waals surface area contributed by atoms with Gasteiger partial charge in [0.2, 0.25) is 0 Å². The SMILES string of the molecule is CCn1c(-c2ccc(O)cc2)nn(CN2CCN(c3ccccc3)CC2)c1=S. The Hall–Kier alpha value is -2.64. The van der Waals surface area contributed by atoms with Crippen LogP contribution in [0.15, 0.2) is 54.6 Å². The summed E-state index contributed by atoms with van der Waals surface area (Å²) < 4.78 is 4.69. The smallest absolute Gasteiger partial charge is 0.199 e. The molecule has 0 bridgehead atoms. The molecule has 0 aliphatic carbocycles. The quantitative estimate of drug-likeness (QED) is 0.669. The molecule has 1 N–H and O–H groups in total. The largest absolute Gasteiger partial charge is 0.508 e. The molecule has 1 aliphatic heterocycles. The van der Waals surface area contributed by atoms with Crippen LogP contribution in [0.1, 0.15) is 6.92 Å². The first kappa shape index (κ1) is 18.7. The number of phenolic OH excluding ortho intramolecular Hbond substituents is 1. The number of hydrogen-bond donors (Lipinski definition) is 1. The number of piperazine rings is 1. The lowest BCUT2D eigenvalue weighted by atomic mass is 10.2. The van der Waals surface area contributed by atoms with Crippen molar-refractivity contribution in [2.24, 2.45) is 0 Å². The molecule has 1 saturated heterocycles. The molecule has 0 amide bonds. The fourth-order valence-corrected chi connectivity index (χ4v) is 3.93. The molecule has 2 heterocycles. The van der Waals surface area contributed by atoms with E-state index in [9.17, 15) is 5.11 Å². The maximum absolute atomic E-state index is 9.55. The zero-order chi connectivity index (χ0) is 19.5. The molecule has 146 valence electrons. The highest BCUT2D eigenvalue weighted by atomic mass is 32.1. The number of nitrogens with zero attached hydrogens (tertiary/aromatic N) is 5. The van der Waals surface area contributed by atoms with Crippen molar-refractivity contribution in [1.29, 1.82) is 0 Å².